The van der Waals surface area contributed by atoms with Crippen LogP contribution in [0.15, 0.2) is 36.0 Å². The highest BCUT2D eigenvalue weighted by Crippen LogP contribution is 2.11. The van der Waals surface area contributed by atoms with Crippen molar-refractivity contribution in [1.29, 1.82) is 0 Å². The fraction of sp³-hybridized carbons (Fsp3) is 0.500. The van der Waals surface area contributed by atoms with Gasteiger partial charge in [-0.15, -0.1) is 0 Å². The molecule has 1 unspecified atom stereocenters. The largest absolute Gasteiger partial charge is 0.392 e. The number of rotatable bonds is 6. The summed E-state index contributed by atoms with van der Waals surface area (Å²) in [5.74, 6) is 0. The Hall–Kier alpha value is -0.860. The highest BCUT2D eigenvalue weighted by molar-refractivity contribution is 5.14. The molecule has 0 rings (SSSR count). The molecule has 2 heteroatoms. The first kappa shape index (κ1) is 13.1. The van der Waals surface area contributed by atoms with Crippen LogP contribution in [-0.4, -0.2) is 24.9 Å². The Morgan fingerprint density at radius 3 is 2.57 bits per heavy atom. The summed E-state index contributed by atoms with van der Waals surface area (Å²) < 4.78 is 5.32. The Balaban J connectivity index is 4.29. The van der Waals surface area contributed by atoms with E-state index in [1.165, 1.54) is 0 Å². The van der Waals surface area contributed by atoms with E-state index in [2.05, 4.69) is 6.58 Å². The van der Waals surface area contributed by atoms with Gasteiger partial charge in [0.2, 0.25) is 0 Å². The number of methoxy groups -OCH3 is 1. The van der Waals surface area contributed by atoms with Gasteiger partial charge in [-0.2, -0.15) is 0 Å². The van der Waals surface area contributed by atoms with Crippen molar-refractivity contribution < 1.29 is 9.84 Å². The van der Waals surface area contributed by atoms with Crippen LogP contribution < -0.4 is 0 Å². The molecule has 80 valence electrons. The second-order valence-electron chi connectivity index (χ2n) is 3.32. The van der Waals surface area contributed by atoms with Crippen LogP contribution in [0.2, 0.25) is 0 Å². The van der Waals surface area contributed by atoms with Crippen molar-refractivity contribution in [3.63, 3.8) is 0 Å². The van der Waals surface area contributed by atoms with E-state index in [0.29, 0.717) is 0 Å². The fourth-order valence-corrected chi connectivity index (χ4v) is 1.13. The van der Waals surface area contributed by atoms with Crippen molar-refractivity contribution in [2.45, 2.75) is 26.4 Å². The molecule has 0 aliphatic rings. The molecule has 0 aliphatic carbocycles. The smallest absolute Gasteiger partial charge is 0.0816 e. The van der Waals surface area contributed by atoms with Crippen molar-refractivity contribution in [2.75, 3.05) is 13.7 Å². The van der Waals surface area contributed by atoms with Gasteiger partial charge in [0.05, 0.1) is 12.7 Å². The molecular formula is C12H20O2. The van der Waals surface area contributed by atoms with Crippen molar-refractivity contribution >= 4 is 0 Å². The molecule has 0 aliphatic heterocycles. The fourth-order valence-electron chi connectivity index (χ4n) is 1.13. The van der Waals surface area contributed by atoms with Gasteiger partial charge in [-0.05, 0) is 25.8 Å². The van der Waals surface area contributed by atoms with Crippen LogP contribution in [0.4, 0.5) is 0 Å². The molecule has 1 atom stereocenters. The first-order chi connectivity index (χ1) is 6.65. The van der Waals surface area contributed by atoms with Crippen LogP contribution in [0.25, 0.3) is 0 Å². The van der Waals surface area contributed by atoms with Gasteiger partial charge in [-0.1, -0.05) is 30.4 Å². The maximum absolute atomic E-state index is 8.82. The van der Waals surface area contributed by atoms with E-state index < -0.39 is 0 Å². The van der Waals surface area contributed by atoms with E-state index in [1.54, 1.807) is 13.2 Å². The van der Waals surface area contributed by atoms with Crippen molar-refractivity contribution in [3.8, 4) is 0 Å². The van der Waals surface area contributed by atoms with Gasteiger partial charge in [0.25, 0.3) is 0 Å². The van der Waals surface area contributed by atoms with Crippen molar-refractivity contribution in [2.24, 2.45) is 0 Å². The van der Waals surface area contributed by atoms with E-state index in [1.807, 2.05) is 26.0 Å². The Morgan fingerprint density at radius 1 is 1.50 bits per heavy atom. The third-order valence-corrected chi connectivity index (χ3v) is 2.10. The molecule has 0 saturated heterocycles. The summed E-state index contributed by atoms with van der Waals surface area (Å²) in [7, 11) is 1.69. The zero-order valence-corrected chi connectivity index (χ0v) is 9.29. The van der Waals surface area contributed by atoms with Gasteiger partial charge >= 0.3 is 0 Å². The lowest BCUT2D eigenvalue weighted by molar-refractivity contribution is 0.134. The summed E-state index contributed by atoms with van der Waals surface area (Å²) in [6.07, 6.45) is 6.56. The number of hydrogen-bond acceptors (Lipinski definition) is 2. The average Bonchev–Trinajstić information content (AvgIpc) is 2.18. The SMILES string of the molecule is C=C/C=C(\C)C(C/C=C(\C)CO)OC. The summed E-state index contributed by atoms with van der Waals surface area (Å²) in [4.78, 5) is 0. The van der Waals surface area contributed by atoms with E-state index in [-0.39, 0.29) is 12.7 Å². The first-order valence-corrected chi connectivity index (χ1v) is 4.74. The van der Waals surface area contributed by atoms with Gasteiger partial charge in [0, 0.05) is 7.11 Å². The van der Waals surface area contributed by atoms with Crippen LogP contribution in [-0.2, 0) is 4.74 Å². The Labute approximate surface area is 86.6 Å². The minimum Gasteiger partial charge on any atom is -0.392 e. The summed E-state index contributed by atoms with van der Waals surface area (Å²) in [6.45, 7) is 7.67. The molecule has 0 spiro atoms. The van der Waals surface area contributed by atoms with Crippen LogP contribution in [0.5, 0.6) is 0 Å². The maximum atomic E-state index is 8.82. The quantitative estimate of drug-likeness (QED) is 0.522. The second kappa shape index (κ2) is 7.54. The predicted molar refractivity (Wildman–Crippen MR) is 60.2 cm³/mol. The zero-order valence-electron chi connectivity index (χ0n) is 9.29. The third-order valence-electron chi connectivity index (χ3n) is 2.10. The molecule has 0 amide bonds. The lowest BCUT2D eigenvalue weighted by Crippen LogP contribution is -2.11. The number of allylic oxidation sites excluding steroid dienone is 2. The van der Waals surface area contributed by atoms with E-state index in [0.717, 1.165) is 17.6 Å². The standard InChI is InChI=1S/C12H20O2/c1-5-6-11(3)12(14-4)8-7-10(2)9-13/h5-7,12-13H,1,8-9H2,2-4H3/b10-7+,11-6+. The Morgan fingerprint density at radius 2 is 2.14 bits per heavy atom. The molecule has 0 aromatic heterocycles. The number of aliphatic hydroxyl groups is 1. The van der Waals surface area contributed by atoms with Gasteiger partial charge in [0.15, 0.2) is 0 Å². The van der Waals surface area contributed by atoms with E-state index >= 15 is 0 Å². The Bertz CT molecular complexity index is 226. The van der Waals surface area contributed by atoms with E-state index in [9.17, 15) is 0 Å². The van der Waals surface area contributed by atoms with Crippen LogP contribution in [0.1, 0.15) is 20.3 Å². The summed E-state index contributed by atoms with van der Waals surface area (Å²) in [5, 5.41) is 8.82. The monoisotopic (exact) mass is 196 g/mol. The topological polar surface area (TPSA) is 29.5 Å². The molecule has 0 saturated carbocycles. The summed E-state index contributed by atoms with van der Waals surface area (Å²) >= 11 is 0. The summed E-state index contributed by atoms with van der Waals surface area (Å²) in [6, 6.07) is 0. The van der Waals surface area contributed by atoms with Crippen molar-refractivity contribution in [1.82, 2.24) is 0 Å². The first-order valence-electron chi connectivity index (χ1n) is 4.74. The predicted octanol–water partition coefficient (Wildman–Crippen LogP) is 2.46. The van der Waals surface area contributed by atoms with Gasteiger partial charge in [-0.25, -0.2) is 0 Å². The highest BCUT2D eigenvalue weighted by atomic mass is 16.5. The normalized spacial score (nSPS) is 15.4. The van der Waals surface area contributed by atoms with E-state index in [4.69, 9.17) is 9.84 Å². The molecule has 0 radical (unpaired) electrons. The molecule has 0 fully saturated rings. The van der Waals surface area contributed by atoms with Crippen LogP contribution in [0, 0.1) is 0 Å². The molecule has 0 bridgehead atoms. The van der Waals surface area contributed by atoms with Crippen LogP contribution in [0.3, 0.4) is 0 Å². The molecular weight excluding hydrogens is 176 g/mol. The molecule has 0 aromatic rings. The molecule has 0 heterocycles. The second-order valence-corrected chi connectivity index (χ2v) is 3.32. The van der Waals surface area contributed by atoms with Crippen LogP contribution >= 0.6 is 0 Å². The molecule has 2 nitrogen and oxygen atoms in total. The molecule has 0 aromatic carbocycles. The lowest BCUT2D eigenvalue weighted by atomic mass is 10.1. The number of aliphatic hydroxyl groups excluding tert-OH is 1. The molecule has 14 heavy (non-hydrogen) atoms. The van der Waals surface area contributed by atoms with Gasteiger partial charge in [0.1, 0.15) is 0 Å². The Kier molecular flexibility index (Phi) is 7.07. The average molecular weight is 196 g/mol. The number of ether oxygens (including phenoxy) is 1. The van der Waals surface area contributed by atoms with Gasteiger partial charge in [-0.3, -0.25) is 0 Å². The lowest BCUT2D eigenvalue weighted by Gasteiger charge is -2.14. The minimum atomic E-state index is 0.0782. The molecule has 1 N–H and O–H groups in total. The highest BCUT2D eigenvalue weighted by Gasteiger charge is 2.06. The number of hydrogen-bond donors (Lipinski definition) is 1. The zero-order chi connectivity index (χ0) is 11.0. The van der Waals surface area contributed by atoms with Crippen molar-refractivity contribution in [3.05, 3.63) is 36.0 Å². The summed E-state index contributed by atoms with van der Waals surface area (Å²) in [5.41, 5.74) is 2.11. The minimum absolute atomic E-state index is 0.0782. The van der Waals surface area contributed by atoms with Gasteiger partial charge < -0.3 is 9.84 Å². The third kappa shape index (κ3) is 5.00. The maximum Gasteiger partial charge on any atom is 0.0816 e.